The zero-order chi connectivity index (χ0) is 15.7. The summed E-state index contributed by atoms with van der Waals surface area (Å²) >= 11 is 0. The Morgan fingerprint density at radius 1 is 1.32 bits per heavy atom. The summed E-state index contributed by atoms with van der Waals surface area (Å²) in [5, 5.41) is 9.39. The number of fused-ring (bicyclic) bond motifs is 1. The maximum Gasteiger partial charge on any atom is 0.326 e. The Morgan fingerprint density at radius 2 is 2.09 bits per heavy atom. The SMILES string of the molecule is CC1CCN(C(=O)C2=Cc3ccccc3OC2)C(C(=O)O)C1. The molecular formula is C17H19NO4. The second kappa shape index (κ2) is 5.83. The third-order valence-corrected chi connectivity index (χ3v) is 4.32. The number of hydrogen-bond acceptors (Lipinski definition) is 3. The van der Waals surface area contributed by atoms with Gasteiger partial charge in [-0.2, -0.15) is 0 Å². The lowest BCUT2D eigenvalue weighted by atomic mass is 9.91. The van der Waals surface area contributed by atoms with E-state index in [1.807, 2.05) is 31.2 Å². The van der Waals surface area contributed by atoms with Gasteiger partial charge in [-0.05, 0) is 30.9 Å². The van der Waals surface area contributed by atoms with Crippen LogP contribution >= 0.6 is 0 Å². The largest absolute Gasteiger partial charge is 0.488 e. The quantitative estimate of drug-likeness (QED) is 0.909. The van der Waals surface area contributed by atoms with Crippen molar-refractivity contribution in [3.8, 4) is 5.75 Å². The van der Waals surface area contributed by atoms with E-state index in [9.17, 15) is 14.7 Å². The number of amides is 1. The van der Waals surface area contributed by atoms with Gasteiger partial charge in [0.15, 0.2) is 0 Å². The molecule has 2 unspecified atom stereocenters. The van der Waals surface area contributed by atoms with Crippen LogP contribution in [0.5, 0.6) is 5.75 Å². The van der Waals surface area contributed by atoms with E-state index in [0.717, 1.165) is 17.7 Å². The minimum Gasteiger partial charge on any atom is -0.488 e. The van der Waals surface area contributed by atoms with Gasteiger partial charge >= 0.3 is 5.97 Å². The van der Waals surface area contributed by atoms with Gasteiger partial charge in [0, 0.05) is 12.1 Å². The number of para-hydroxylation sites is 1. The molecule has 116 valence electrons. The third kappa shape index (κ3) is 2.71. The van der Waals surface area contributed by atoms with Crippen LogP contribution < -0.4 is 4.74 Å². The summed E-state index contributed by atoms with van der Waals surface area (Å²) in [6, 6.07) is 6.76. The highest BCUT2D eigenvalue weighted by atomic mass is 16.5. The van der Waals surface area contributed by atoms with E-state index in [1.165, 1.54) is 4.90 Å². The number of benzene rings is 1. The van der Waals surface area contributed by atoms with Crippen LogP contribution in [0.25, 0.3) is 6.08 Å². The summed E-state index contributed by atoms with van der Waals surface area (Å²) in [6.45, 7) is 2.70. The van der Waals surface area contributed by atoms with Crippen molar-refractivity contribution in [2.45, 2.75) is 25.8 Å². The zero-order valence-electron chi connectivity index (χ0n) is 12.5. The van der Waals surface area contributed by atoms with Crippen molar-refractivity contribution < 1.29 is 19.4 Å². The first-order valence-electron chi connectivity index (χ1n) is 7.52. The number of hydrogen-bond donors (Lipinski definition) is 1. The number of nitrogens with zero attached hydrogens (tertiary/aromatic N) is 1. The number of carbonyl (C=O) groups is 2. The fourth-order valence-electron chi connectivity index (χ4n) is 3.04. The number of carboxylic acid groups (broad SMARTS) is 1. The second-order valence-electron chi connectivity index (χ2n) is 5.98. The predicted octanol–water partition coefficient (Wildman–Crippen LogP) is 2.17. The smallest absolute Gasteiger partial charge is 0.326 e. The molecule has 2 aliphatic heterocycles. The van der Waals surface area contributed by atoms with E-state index in [2.05, 4.69) is 0 Å². The van der Waals surface area contributed by atoms with Crippen molar-refractivity contribution >= 4 is 18.0 Å². The summed E-state index contributed by atoms with van der Waals surface area (Å²) in [4.78, 5) is 25.6. The summed E-state index contributed by atoms with van der Waals surface area (Å²) in [6.07, 6.45) is 3.14. The van der Waals surface area contributed by atoms with Crippen molar-refractivity contribution in [3.63, 3.8) is 0 Å². The molecule has 2 heterocycles. The molecule has 0 saturated carbocycles. The van der Waals surface area contributed by atoms with Gasteiger partial charge in [-0.1, -0.05) is 25.1 Å². The average Bonchev–Trinajstić information content (AvgIpc) is 2.53. The first kappa shape index (κ1) is 14.6. The van der Waals surface area contributed by atoms with Crippen molar-refractivity contribution in [3.05, 3.63) is 35.4 Å². The first-order valence-corrected chi connectivity index (χ1v) is 7.52. The van der Waals surface area contributed by atoms with Gasteiger partial charge in [0.05, 0.1) is 5.57 Å². The lowest BCUT2D eigenvalue weighted by Gasteiger charge is -2.36. The average molecular weight is 301 g/mol. The highest BCUT2D eigenvalue weighted by Gasteiger charge is 2.36. The molecule has 0 radical (unpaired) electrons. The molecule has 0 bridgehead atoms. The van der Waals surface area contributed by atoms with Crippen molar-refractivity contribution in [2.75, 3.05) is 13.2 Å². The Labute approximate surface area is 129 Å². The molecule has 1 aromatic rings. The molecule has 22 heavy (non-hydrogen) atoms. The van der Waals surface area contributed by atoms with E-state index < -0.39 is 12.0 Å². The fourth-order valence-corrected chi connectivity index (χ4v) is 3.04. The van der Waals surface area contributed by atoms with Crippen LogP contribution in [0.15, 0.2) is 29.8 Å². The van der Waals surface area contributed by atoms with Gasteiger partial charge in [0.1, 0.15) is 18.4 Å². The van der Waals surface area contributed by atoms with Crippen LogP contribution in [0.2, 0.25) is 0 Å². The Kier molecular flexibility index (Phi) is 3.88. The number of carboxylic acids is 1. The molecule has 1 fully saturated rings. The van der Waals surface area contributed by atoms with E-state index in [0.29, 0.717) is 24.5 Å². The molecule has 5 heteroatoms. The van der Waals surface area contributed by atoms with Crippen LogP contribution in [0.4, 0.5) is 0 Å². The lowest BCUT2D eigenvalue weighted by molar-refractivity contribution is -0.151. The van der Waals surface area contributed by atoms with Crippen LogP contribution in [0, 0.1) is 5.92 Å². The molecule has 1 amide bonds. The molecule has 5 nitrogen and oxygen atoms in total. The summed E-state index contributed by atoms with van der Waals surface area (Å²) < 4.78 is 5.60. The maximum absolute atomic E-state index is 12.7. The number of aliphatic carboxylic acids is 1. The van der Waals surface area contributed by atoms with Crippen molar-refractivity contribution in [1.82, 2.24) is 4.90 Å². The molecule has 2 aliphatic rings. The van der Waals surface area contributed by atoms with Crippen molar-refractivity contribution in [2.24, 2.45) is 5.92 Å². The molecule has 1 aromatic carbocycles. The monoisotopic (exact) mass is 301 g/mol. The number of rotatable bonds is 2. The number of likely N-dealkylation sites (tertiary alicyclic amines) is 1. The Bertz CT molecular complexity index is 637. The van der Waals surface area contributed by atoms with Gasteiger partial charge in [0.25, 0.3) is 5.91 Å². The summed E-state index contributed by atoms with van der Waals surface area (Å²) in [5.74, 6) is -0.0880. The molecule has 2 atom stereocenters. The van der Waals surface area contributed by atoms with Crippen LogP contribution in [-0.2, 0) is 9.59 Å². The lowest BCUT2D eigenvalue weighted by Crippen LogP contribution is -2.50. The minimum absolute atomic E-state index is 0.189. The molecule has 0 aromatic heterocycles. The van der Waals surface area contributed by atoms with Gasteiger partial charge in [0.2, 0.25) is 0 Å². The van der Waals surface area contributed by atoms with E-state index >= 15 is 0 Å². The van der Waals surface area contributed by atoms with E-state index in [-0.39, 0.29) is 12.5 Å². The Balaban J connectivity index is 1.84. The molecule has 1 N–H and O–H groups in total. The van der Waals surface area contributed by atoms with Crippen LogP contribution in [-0.4, -0.2) is 41.1 Å². The third-order valence-electron chi connectivity index (χ3n) is 4.32. The maximum atomic E-state index is 12.7. The fraction of sp³-hybridized carbons (Fsp3) is 0.412. The van der Waals surface area contributed by atoms with Gasteiger partial charge in [-0.25, -0.2) is 4.79 Å². The Morgan fingerprint density at radius 3 is 2.86 bits per heavy atom. The van der Waals surface area contributed by atoms with Gasteiger partial charge in [-0.3, -0.25) is 4.79 Å². The number of piperidine rings is 1. The summed E-state index contributed by atoms with van der Waals surface area (Å²) in [5.41, 5.74) is 1.37. The van der Waals surface area contributed by atoms with E-state index in [4.69, 9.17) is 4.74 Å². The highest BCUT2D eigenvalue weighted by Crippen LogP contribution is 2.29. The first-order chi connectivity index (χ1) is 10.6. The molecule has 1 saturated heterocycles. The second-order valence-corrected chi connectivity index (χ2v) is 5.98. The topological polar surface area (TPSA) is 66.8 Å². The minimum atomic E-state index is -0.933. The highest BCUT2D eigenvalue weighted by molar-refractivity contribution is 6.00. The summed E-state index contributed by atoms with van der Waals surface area (Å²) in [7, 11) is 0. The standard InChI is InChI=1S/C17H19NO4/c1-11-6-7-18(14(8-11)17(20)21)16(19)13-9-12-4-2-3-5-15(12)22-10-13/h2-5,9,11,14H,6-8,10H2,1H3,(H,20,21). The molecular weight excluding hydrogens is 282 g/mol. The van der Waals surface area contributed by atoms with Gasteiger partial charge < -0.3 is 14.7 Å². The zero-order valence-corrected chi connectivity index (χ0v) is 12.5. The predicted molar refractivity (Wildman–Crippen MR) is 81.4 cm³/mol. The van der Waals surface area contributed by atoms with Crippen LogP contribution in [0.1, 0.15) is 25.3 Å². The molecule has 0 aliphatic carbocycles. The number of ether oxygens (including phenoxy) is 1. The normalized spacial score (nSPS) is 24.0. The van der Waals surface area contributed by atoms with E-state index in [1.54, 1.807) is 6.08 Å². The number of carbonyl (C=O) groups excluding carboxylic acids is 1. The molecule has 3 rings (SSSR count). The Hall–Kier alpha value is -2.30. The van der Waals surface area contributed by atoms with Crippen LogP contribution in [0.3, 0.4) is 0 Å². The van der Waals surface area contributed by atoms with Crippen molar-refractivity contribution in [1.29, 1.82) is 0 Å². The molecule has 0 spiro atoms. The van der Waals surface area contributed by atoms with Gasteiger partial charge in [-0.15, -0.1) is 0 Å².